The fourth-order valence-electron chi connectivity index (χ4n) is 2.59. The van der Waals surface area contributed by atoms with Crippen molar-refractivity contribution in [1.82, 2.24) is 15.1 Å². The molecule has 1 heterocycles. The molecule has 0 aliphatic heterocycles. The van der Waals surface area contributed by atoms with Gasteiger partial charge < -0.3 is 10.1 Å². The second-order valence-corrected chi connectivity index (χ2v) is 5.09. The average molecular weight is 287 g/mol. The summed E-state index contributed by atoms with van der Waals surface area (Å²) in [5.74, 6) is 0.948. The maximum atomic E-state index is 5.47. The minimum Gasteiger partial charge on any atom is -0.496 e. The lowest BCUT2D eigenvalue weighted by molar-refractivity contribution is 0.403. The molecule has 1 N–H and O–H groups in total. The second-order valence-electron chi connectivity index (χ2n) is 5.09. The van der Waals surface area contributed by atoms with Crippen molar-refractivity contribution in [2.24, 2.45) is 0 Å². The summed E-state index contributed by atoms with van der Waals surface area (Å²) in [6, 6.07) is 10.6. The second kappa shape index (κ2) is 7.84. The third-order valence-corrected chi connectivity index (χ3v) is 3.66. The van der Waals surface area contributed by atoms with E-state index >= 15 is 0 Å². The Bertz CT molecular complexity index is 550. The number of nitrogens with one attached hydrogen (secondary N) is 1. The van der Waals surface area contributed by atoms with Crippen LogP contribution in [0.2, 0.25) is 0 Å². The molecule has 2 rings (SSSR count). The summed E-state index contributed by atoms with van der Waals surface area (Å²) in [6.07, 6.45) is 3.89. The van der Waals surface area contributed by atoms with E-state index < -0.39 is 0 Å². The predicted octanol–water partition coefficient (Wildman–Crippen LogP) is 3.20. The molecule has 0 spiro atoms. The molecule has 0 aliphatic rings. The highest BCUT2D eigenvalue weighted by molar-refractivity contribution is 5.34. The van der Waals surface area contributed by atoms with Crippen LogP contribution in [0.4, 0.5) is 0 Å². The maximum absolute atomic E-state index is 5.47. The van der Waals surface area contributed by atoms with Gasteiger partial charge in [-0.05, 0) is 44.0 Å². The number of rotatable bonds is 8. The van der Waals surface area contributed by atoms with E-state index in [1.54, 1.807) is 7.11 Å². The first kappa shape index (κ1) is 15.6. The Morgan fingerprint density at radius 2 is 2.05 bits per heavy atom. The lowest BCUT2D eigenvalue weighted by Crippen LogP contribution is -2.26. The van der Waals surface area contributed by atoms with Crippen molar-refractivity contribution in [2.75, 3.05) is 13.7 Å². The highest BCUT2D eigenvalue weighted by Crippen LogP contribution is 2.25. The summed E-state index contributed by atoms with van der Waals surface area (Å²) in [7, 11) is 1.73. The molecule has 0 aliphatic carbocycles. The van der Waals surface area contributed by atoms with Crippen LogP contribution in [-0.2, 0) is 13.0 Å². The molecule has 0 bridgehead atoms. The number of methoxy groups -OCH3 is 1. The SMILES string of the molecule is CCCNC(Cc1ccccc1OC)c1ccnn1CC. The Morgan fingerprint density at radius 3 is 2.76 bits per heavy atom. The standard InChI is InChI=1S/C17H25N3O/c1-4-11-18-15(16-10-12-19-20(16)5-2)13-14-8-6-7-9-17(14)21-3/h6-10,12,15,18H,4-5,11,13H2,1-3H3. The molecule has 0 saturated carbocycles. The first-order chi connectivity index (χ1) is 10.3. The number of benzene rings is 1. The van der Waals surface area contributed by atoms with Gasteiger partial charge in [0.15, 0.2) is 0 Å². The van der Waals surface area contributed by atoms with Crippen LogP contribution in [0.25, 0.3) is 0 Å². The van der Waals surface area contributed by atoms with E-state index in [-0.39, 0.29) is 6.04 Å². The Balaban J connectivity index is 2.24. The smallest absolute Gasteiger partial charge is 0.122 e. The van der Waals surface area contributed by atoms with Crippen LogP contribution in [0, 0.1) is 0 Å². The summed E-state index contributed by atoms with van der Waals surface area (Å²) < 4.78 is 7.53. The summed E-state index contributed by atoms with van der Waals surface area (Å²) in [4.78, 5) is 0. The van der Waals surface area contributed by atoms with Gasteiger partial charge in [-0.15, -0.1) is 0 Å². The van der Waals surface area contributed by atoms with E-state index in [0.717, 1.165) is 31.7 Å². The maximum Gasteiger partial charge on any atom is 0.122 e. The van der Waals surface area contributed by atoms with Crippen molar-refractivity contribution >= 4 is 0 Å². The van der Waals surface area contributed by atoms with Gasteiger partial charge >= 0.3 is 0 Å². The molecule has 114 valence electrons. The molecule has 21 heavy (non-hydrogen) atoms. The Morgan fingerprint density at radius 1 is 1.24 bits per heavy atom. The fourth-order valence-corrected chi connectivity index (χ4v) is 2.59. The quantitative estimate of drug-likeness (QED) is 0.810. The van der Waals surface area contributed by atoms with Gasteiger partial charge in [-0.2, -0.15) is 5.10 Å². The summed E-state index contributed by atoms with van der Waals surface area (Å²) >= 11 is 0. The van der Waals surface area contributed by atoms with Crippen molar-refractivity contribution in [2.45, 2.75) is 39.3 Å². The van der Waals surface area contributed by atoms with Crippen LogP contribution in [0.3, 0.4) is 0 Å². The minimum atomic E-state index is 0.253. The van der Waals surface area contributed by atoms with Gasteiger partial charge in [0.25, 0.3) is 0 Å². The zero-order valence-electron chi connectivity index (χ0n) is 13.2. The summed E-state index contributed by atoms with van der Waals surface area (Å²) in [6.45, 7) is 6.19. The van der Waals surface area contributed by atoms with Crippen molar-refractivity contribution in [1.29, 1.82) is 0 Å². The highest BCUT2D eigenvalue weighted by Gasteiger charge is 2.17. The van der Waals surface area contributed by atoms with E-state index in [1.165, 1.54) is 11.3 Å². The minimum absolute atomic E-state index is 0.253. The van der Waals surface area contributed by atoms with E-state index in [1.807, 2.05) is 18.3 Å². The van der Waals surface area contributed by atoms with Gasteiger partial charge in [-0.25, -0.2) is 0 Å². The molecule has 0 saturated heterocycles. The molecule has 1 aromatic heterocycles. The molecular weight excluding hydrogens is 262 g/mol. The number of ether oxygens (including phenoxy) is 1. The van der Waals surface area contributed by atoms with Crippen LogP contribution in [0.15, 0.2) is 36.5 Å². The van der Waals surface area contributed by atoms with Gasteiger partial charge in [0, 0.05) is 12.7 Å². The first-order valence-corrected chi connectivity index (χ1v) is 7.67. The monoisotopic (exact) mass is 287 g/mol. The molecule has 4 heteroatoms. The lowest BCUT2D eigenvalue weighted by Gasteiger charge is -2.21. The van der Waals surface area contributed by atoms with Crippen LogP contribution >= 0.6 is 0 Å². The van der Waals surface area contributed by atoms with Crippen molar-refractivity contribution < 1.29 is 4.74 Å². The number of aromatic nitrogens is 2. The first-order valence-electron chi connectivity index (χ1n) is 7.67. The van der Waals surface area contributed by atoms with Crippen molar-refractivity contribution in [3.05, 3.63) is 47.8 Å². The third-order valence-electron chi connectivity index (χ3n) is 3.66. The van der Waals surface area contributed by atoms with Crippen molar-refractivity contribution in [3.63, 3.8) is 0 Å². The highest BCUT2D eigenvalue weighted by atomic mass is 16.5. The number of hydrogen-bond donors (Lipinski definition) is 1. The number of nitrogens with zero attached hydrogens (tertiary/aromatic N) is 2. The third kappa shape index (κ3) is 3.85. The lowest BCUT2D eigenvalue weighted by atomic mass is 10.0. The molecular formula is C17H25N3O. The molecule has 2 aromatic rings. The van der Waals surface area contributed by atoms with Crippen LogP contribution in [-0.4, -0.2) is 23.4 Å². The van der Waals surface area contributed by atoms with Crippen LogP contribution in [0.5, 0.6) is 5.75 Å². The van der Waals surface area contributed by atoms with E-state index in [9.17, 15) is 0 Å². The fraction of sp³-hybridized carbons (Fsp3) is 0.471. The van der Waals surface area contributed by atoms with Crippen LogP contribution in [0.1, 0.15) is 37.6 Å². The number of aryl methyl sites for hydroxylation is 1. The van der Waals surface area contributed by atoms with Gasteiger partial charge in [0.1, 0.15) is 5.75 Å². The van der Waals surface area contributed by atoms with Gasteiger partial charge in [0.05, 0.1) is 18.8 Å². The van der Waals surface area contributed by atoms with E-state index in [4.69, 9.17) is 4.74 Å². The zero-order chi connectivity index (χ0) is 15.1. The van der Waals surface area contributed by atoms with Crippen molar-refractivity contribution in [3.8, 4) is 5.75 Å². The Hall–Kier alpha value is -1.81. The molecule has 1 unspecified atom stereocenters. The topological polar surface area (TPSA) is 39.1 Å². The van der Waals surface area contributed by atoms with E-state index in [2.05, 4.69) is 47.1 Å². The van der Waals surface area contributed by atoms with Crippen LogP contribution < -0.4 is 10.1 Å². The molecule has 0 amide bonds. The molecule has 1 atom stereocenters. The summed E-state index contributed by atoms with van der Waals surface area (Å²) in [5, 5.41) is 8.02. The Labute approximate surface area is 127 Å². The van der Waals surface area contributed by atoms with E-state index in [0.29, 0.717) is 0 Å². The Kier molecular flexibility index (Phi) is 5.81. The molecule has 0 radical (unpaired) electrons. The molecule has 0 fully saturated rings. The normalized spacial score (nSPS) is 12.3. The zero-order valence-corrected chi connectivity index (χ0v) is 13.2. The number of hydrogen-bond acceptors (Lipinski definition) is 3. The predicted molar refractivity (Wildman–Crippen MR) is 85.6 cm³/mol. The molecule has 1 aromatic carbocycles. The number of para-hydroxylation sites is 1. The van der Waals surface area contributed by atoms with Gasteiger partial charge in [-0.3, -0.25) is 4.68 Å². The van der Waals surface area contributed by atoms with Gasteiger partial charge in [0.2, 0.25) is 0 Å². The molecule has 4 nitrogen and oxygen atoms in total. The largest absolute Gasteiger partial charge is 0.496 e. The summed E-state index contributed by atoms with van der Waals surface area (Å²) in [5.41, 5.74) is 2.45. The average Bonchev–Trinajstić information content (AvgIpc) is 3.00. The van der Waals surface area contributed by atoms with Gasteiger partial charge in [-0.1, -0.05) is 25.1 Å².